The lowest BCUT2D eigenvalue weighted by Crippen LogP contribution is -2.13. The van der Waals surface area contributed by atoms with E-state index in [-0.39, 0.29) is 0 Å². The zero-order valence-corrected chi connectivity index (χ0v) is 8.34. The summed E-state index contributed by atoms with van der Waals surface area (Å²) in [5, 5.41) is 13.4. The molecule has 1 unspecified atom stereocenters. The smallest absolute Gasteiger partial charge is 0.139 e. The van der Waals surface area contributed by atoms with E-state index in [4.69, 9.17) is 4.52 Å². The summed E-state index contributed by atoms with van der Waals surface area (Å²) in [6, 6.07) is 11.7. The molecule has 0 aliphatic carbocycles. The fourth-order valence-corrected chi connectivity index (χ4v) is 1.54. The van der Waals surface area contributed by atoms with Gasteiger partial charge in [0.1, 0.15) is 5.76 Å². The van der Waals surface area contributed by atoms with Crippen molar-refractivity contribution in [2.75, 3.05) is 0 Å². The van der Waals surface area contributed by atoms with Crippen molar-refractivity contribution in [3.05, 3.63) is 53.9 Å². The number of hydrogen-bond acceptors (Lipinski definition) is 3. The summed E-state index contributed by atoms with van der Waals surface area (Å²) >= 11 is 0. The molecule has 3 heteroatoms. The summed E-state index contributed by atoms with van der Waals surface area (Å²) in [6.07, 6.45) is 2.32. The normalized spacial score (nSPS) is 12.6. The van der Waals surface area contributed by atoms with Gasteiger partial charge in [0.2, 0.25) is 0 Å². The minimum Gasteiger partial charge on any atom is -0.392 e. The van der Waals surface area contributed by atoms with Gasteiger partial charge < -0.3 is 9.63 Å². The van der Waals surface area contributed by atoms with E-state index in [0.717, 1.165) is 11.3 Å². The van der Waals surface area contributed by atoms with E-state index in [0.29, 0.717) is 12.8 Å². The topological polar surface area (TPSA) is 46.3 Å². The number of aliphatic hydroxyl groups excluding tert-OH is 1. The van der Waals surface area contributed by atoms with E-state index in [1.54, 1.807) is 12.3 Å². The largest absolute Gasteiger partial charge is 0.392 e. The summed E-state index contributed by atoms with van der Waals surface area (Å²) in [4.78, 5) is 0. The molecule has 1 atom stereocenters. The van der Waals surface area contributed by atoms with Crippen LogP contribution in [0.2, 0.25) is 0 Å². The number of aromatic nitrogens is 1. The number of hydrogen-bond donors (Lipinski definition) is 1. The summed E-state index contributed by atoms with van der Waals surface area (Å²) in [5.41, 5.74) is 1.13. The Morgan fingerprint density at radius 2 is 1.93 bits per heavy atom. The number of nitrogens with zero attached hydrogens (tertiary/aromatic N) is 1. The molecule has 0 saturated heterocycles. The molecule has 1 heterocycles. The molecule has 0 bridgehead atoms. The van der Waals surface area contributed by atoms with Gasteiger partial charge in [0.05, 0.1) is 12.3 Å². The first-order valence-electron chi connectivity index (χ1n) is 4.96. The number of rotatable bonds is 4. The molecule has 0 fully saturated rings. The van der Waals surface area contributed by atoms with Crippen LogP contribution in [0, 0.1) is 0 Å². The van der Waals surface area contributed by atoms with Gasteiger partial charge in [0.25, 0.3) is 0 Å². The van der Waals surface area contributed by atoms with Crippen molar-refractivity contribution in [1.29, 1.82) is 0 Å². The molecule has 0 aliphatic rings. The van der Waals surface area contributed by atoms with Gasteiger partial charge in [0, 0.05) is 12.5 Å². The van der Waals surface area contributed by atoms with Gasteiger partial charge >= 0.3 is 0 Å². The molecule has 0 spiro atoms. The van der Waals surface area contributed by atoms with E-state index in [1.807, 2.05) is 30.3 Å². The molecule has 3 nitrogen and oxygen atoms in total. The Labute approximate surface area is 88.3 Å². The van der Waals surface area contributed by atoms with Crippen LogP contribution in [-0.2, 0) is 12.8 Å². The summed E-state index contributed by atoms with van der Waals surface area (Å²) in [5.74, 6) is 0.721. The fraction of sp³-hybridized carbons (Fsp3) is 0.250. The summed E-state index contributed by atoms with van der Waals surface area (Å²) < 4.78 is 4.93. The monoisotopic (exact) mass is 203 g/mol. The van der Waals surface area contributed by atoms with Gasteiger partial charge in [-0.15, -0.1) is 0 Å². The second-order valence-electron chi connectivity index (χ2n) is 3.53. The SMILES string of the molecule is OC(Cc1ccccc1)Cc1ccno1. The highest BCUT2D eigenvalue weighted by Crippen LogP contribution is 2.08. The molecule has 0 amide bonds. The zero-order chi connectivity index (χ0) is 10.5. The van der Waals surface area contributed by atoms with E-state index in [2.05, 4.69) is 5.16 Å². The highest BCUT2D eigenvalue weighted by atomic mass is 16.5. The van der Waals surface area contributed by atoms with Crippen molar-refractivity contribution in [2.45, 2.75) is 18.9 Å². The Balaban J connectivity index is 1.90. The van der Waals surface area contributed by atoms with Crippen molar-refractivity contribution in [1.82, 2.24) is 5.16 Å². The molecular weight excluding hydrogens is 190 g/mol. The lowest BCUT2D eigenvalue weighted by atomic mass is 10.1. The van der Waals surface area contributed by atoms with E-state index in [9.17, 15) is 5.11 Å². The van der Waals surface area contributed by atoms with Crippen LogP contribution in [0.5, 0.6) is 0 Å². The van der Waals surface area contributed by atoms with Crippen molar-refractivity contribution < 1.29 is 9.63 Å². The average molecular weight is 203 g/mol. The molecule has 0 radical (unpaired) electrons. The third-order valence-electron chi connectivity index (χ3n) is 2.24. The van der Waals surface area contributed by atoms with Crippen LogP contribution in [0.25, 0.3) is 0 Å². The van der Waals surface area contributed by atoms with Crippen LogP contribution in [0.3, 0.4) is 0 Å². The Kier molecular flexibility index (Phi) is 3.15. The molecule has 2 aromatic rings. The molecule has 1 N–H and O–H groups in total. The Morgan fingerprint density at radius 3 is 2.60 bits per heavy atom. The van der Waals surface area contributed by atoms with Gasteiger partial charge in [0.15, 0.2) is 0 Å². The summed E-state index contributed by atoms with van der Waals surface area (Å²) in [6.45, 7) is 0. The zero-order valence-electron chi connectivity index (χ0n) is 8.34. The first kappa shape index (κ1) is 9.93. The number of benzene rings is 1. The maximum absolute atomic E-state index is 9.79. The van der Waals surface area contributed by atoms with Gasteiger partial charge in [-0.1, -0.05) is 35.5 Å². The molecule has 15 heavy (non-hydrogen) atoms. The van der Waals surface area contributed by atoms with Gasteiger partial charge in [-0.3, -0.25) is 0 Å². The van der Waals surface area contributed by atoms with Crippen LogP contribution >= 0.6 is 0 Å². The van der Waals surface area contributed by atoms with Crippen molar-refractivity contribution in [3.8, 4) is 0 Å². The predicted octanol–water partition coefficient (Wildman–Crippen LogP) is 1.82. The molecular formula is C12H13NO2. The van der Waals surface area contributed by atoms with Crippen molar-refractivity contribution >= 4 is 0 Å². The first-order valence-corrected chi connectivity index (χ1v) is 4.96. The molecule has 1 aromatic carbocycles. The van der Waals surface area contributed by atoms with Crippen LogP contribution < -0.4 is 0 Å². The Morgan fingerprint density at radius 1 is 1.13 bits per heavy atom. The van der Waals surface area contributed by atoms with Crippen LogP contribution in [-0.4, -0.2) is 16.4 Å². The van der Waals surface area contributed by atoms with Crippen LogP contribution in [0.4, 0.5) is 0 Å². The first-order chi connectivity index (χ1) is 7.34. The maximum Gasteiger partial charge on any atom is 0.139 e. The molecule has 0 aliphatic heterocycles. The van der Waals surface area contributed by atoms with Crippen molar-refractivity contribution in [2.24, 2.45) is 0 Å². The standard InChI is InChI=1S/C12H13NO2/c14-11(9-12-6-7-13-15-12)8-10-4-2-1-3-5-10/h1-7,11,14H,8-9H2. The second-order valence-corrected chi connectivity index (χ2v) is 3.53. The van der Waals surface area contributed by atoms with E-state index in [1.165, 1.54) is 0 Å². The van der Waals surface area contributed by atoms with E-state index < -0.39 is 6.10 Å². The molecule has 1 aromatic heterocycles. The van der Waals surface area contributed by atoms with Crippen LogP contribution in [0.1, 0.15) is 11.3 Å². The second kappa shape index (κ2) is 4.75. The Hall–Kier alpha value is -1.61. The average Bonchev–Trinajstić information content (AvgIpc) is 2.71. The van der Waals surface area contributed by atoms with Gasteiger partial charge in [-0.2, -0.15) is 0 Å². The lowest BCUT2D eigenvalue weighted by Gasteiger charge is -2.07. The molecule has 0 saturated carbocycles. The highest BCUT2D eigenvalue weighted by Gasteiger charge is 2.08. The third-order valence-corrected chi connectivity index (χ3v) is 2.24. The minimum atomic E-state index is -0.416. The molecule has 78 valence electrons. The summed E-state index contributed by atoms with van der Waals surface area (Å²) in [7, 11) is 0. The number of aliphatic hydroxyl groups is 1. The Bertz CT molecular complexity index is 383. The highest BCUT2D eigenvalue weighted by molar-refractivity contribution is 5.15. The minimum absolute atomic E-state index is 0.416. The van der Waals surface area contributed by atoms with Gasteiger partial charge in [-0.25, -0.2) is 0 Å². The van der Waals surface area contributed by atoms with Gasteiger partial charge in [-0.05, 0) is 12.0 Å². The lowest BCUT2D eigenvalue weighted by molar-refractivity contribution is 0.164. The predicted molar refractivity (Wildman–Crippen MR) is 56.4 cm³/mol. The third kappa shape index (κ3) is 2.92. The fourth-order valence-electron chi connectivity index (χ4n) is 1.54. The van der Waals surface area contributed by atoms with E-state index >= 15 is 0 Å². The molecule has 2 rings (SSSR count). The maximum atomic E-state index is 9.79. The van der Waals surface area contributed by atoms with Crippen molar-refractivity contribution in [3.63, 3.8) is 0 Å². The van der Waals surface area contributed by atoms with Crippen LogP contribution in [0.15, 0.2) is 47.1 Å². The quantitative estimate of drug-likeness (QED) is 0.824.